The van der Waals surface area contributed by atoms with Crippen LogP contribution in [-0.2, 0) is 10.1 Å². The van der Waals surface area contributed by atoms with Crippen molar-refractivity contribution in [2.45, 2.75) is 32.6 Å². The van der Waals surface area contributed by atoms with Gasteiger partial charge in [-0.2, -0.15) is 8.42 Å². The Morgan fingerprint density at radius 1 is 1.23 bits per heavy atom. The molecule has 0 aliphatic carbocycles. The largest absolute Gasteiger partial charge is 0.476 e. The Bertz CT molecular complexity index is 829. The van der Waals surface area contributed by atoms with Gasteiger partial charge in [0.25, 0.3) is 0 Å². The van der Waals surface area contributed by atoms with E-state index in [2.05, 4.69) is 6.58 Å². The number of thiazole rings is 1. The number of aromatic nitrogens is 1. The van der Waals surface area contributed by atoms with Gasteiger partial charge < -0.3 is 4.18 Å². The van der Waals surface area contributed by atoms with E-state index in [1.54, 1.807) is 26.8 Å². The zero-order chi connectivity index (χ0) is 16.7. The molecule has 22 heavy (non-hydrogen) atoms. The molecular weight excluding hydrogens is 320 g/mol. The SMILES string of the molecule is C=Cc1sc(OS(=O)(=O)c2c(C)cc(C)cc2C)[n+](N)c1C. The highest BCUT2D eigenvalue weighted by Crippen LogP contribution is 2.28. The van der Waals surface area contributed by atoms with Gasteiger partial charge in [-0.05, 0) is 54.0 Å². The van der Waals surface area contributed by atoms with Crippen molar-refractivity contribution in [1.29, 1.82) is 0 Å². The standard InChI is InChI=1S/C15H19N2O3S2/c1-6-13-12(5)17(16)15(21-13)20-22(18,19)14-10(3)7-9(2)8-11(14)4/h6-8H,1,16H2,2-5H3/q+1. The van der Waals surface area contributed by atoms with Gasteiger partial charge in [0.2, 0.25) is 5.69 Å². The van der Waals surface area contributed by atoms with E-state index in [-0.39, 0.29) is 10.1 Å². The number of rotatable bonds is 4. The smallest absolute Gasteiger partial charge is 0.308 e. The van der Waals surface area contributed by atoms with Crippen molar-refractivity contribution in [1.82, 2.24) is 0 Å². The van der Waals surface area contributed by atoms with Crippen LogP contribution >= 0.6 is 11.3 Å². The molecule has 7 heteroatoms. The fourth-order valence-electron chi connectivity index (χ4n) is 2.42. The molecule has 2 N–H and O–H groups in total. The molecule has 0 radical (unpaired) electrons. The molecule has 0 atom stereocenters. The van der Waals surface area contributed by atoms with Crippen LogP contribution in [0.4, 0.5) is 0 Å². The van der Waals surface area contributed by atoms with E-state index in [1.165, 1.54) is 4.68 Å². The minimum absolute atomic E-state index is 0.103. The van der Waals surface area contributed by atoms with Gasteiger partial charge in [-0.25, -0.2) is 5.84 Å². The number of aryl methyl sites for hydroxylation is 3. The Kier molecular flexibility index (Phi) is 4.30. The lowest BCUT2D eigenvalue weighted by atomic mass is 10.1. The molecule has 0 amide bonds. The topological polar surface area (TPSA) is 73.3 Å². The third kappa shape index (κ3) is 2.86. The lowest BCUT2D eigenvalue weighted by molar-refractivity contribution is -0.643. The van der Waals surface area contributed by atoms with Crippen LogP contribution in [0.5, 0.6) is 5.19 Å². The van der Waals surface area contributed by atoms with E-state index in [4.69, 9.17) is 10.0 Å². The van der Waals surface area contributed by atoms with E-state index in [0.29, 0.717) is 16.8 Å². The van der Waals surface area contributed by atoms with Crippen molar-refractivity contribution in [2.75, 3.05) is 5.84 Å². The molecule has 0 bridgehead atoms. The second kappa shape index (κ2) is 5.73. The van der Waals surface area contributed by atoms with Crippen molar-refractivity contribution in [3.05, 3.63) is 46.0 Å². The average molecular weight is 339 g/mol. The molecule has 0 spiro atoms. The Labute approximate surface area is 134 Å². The lowest BCUT2D eigenvalue weighted by Gasteiger charge is -2.10. The van der Waals surface area contributed by atoms with Gasteiger partial charge in [0.15, 0.2) is 0 Å². The van der Waals surface area contributed by atoms with Gasteiger partial charge in [0, 0.05) is 6.92 Å². The van der Waals surface area contributed by atoms with E-state index in [9.17, 15) is 8.42 Å². The summed E-state index contributed by atoms with van der Waals surface area (Å²) < 4.78 is 31.7. The maximum absolute atomic E-state index is 12.6. The highest BCUT2D eigenvalue weighted by Gasteiger charge is 2.30. The Morgan fingerprint density at radius 2 is 1.77 bits per heavy atom. The predicted octanol–water partition coefficient (Wildman–Crippen LogP) is 2.39. The molecule has 0 aliphatic rings. The van der Waals surface area contributed by atoms with Crippen molar-refractivity contribution in [3.8, 4) is 5.19 Å². The summed E-state index contributed by atoms with van der Waals surface area (Å²) >= 11 is 1.14. The highest BCUT2D eigenvalue weighted by molar-refractivity contribution is 7.87. The molecule has 0 unspecified atom stereocenters. The first-order valence-electron chi connectivity index (χ1n) is 6.62. The molecule has 0 saturated carbocycles. The molecule has 1 aromatic heterocycles. The Balaban J connectivity index is 2.52. The Hall–Kier alpha value is -1.86. The van der Waals surface area contributed by atoms with Crippen LogP contribution in [0.1, 0.15) is 27.3 Å². The molecule has 2 aromatic rings. The number of nitrogens with two attached hydrogens (primary N) is 1. The molecule has 0 aliphatic heterocycles. The van der Waals surface area contributed by atoms with Gasteiger partial charge in [-0.3, -0.25) is 0 Å². The summed E-state index contributed by atoms with van der Waals surface area (Å²) in [6.45, 7) is 10.9. The second-order valence-electron chi connectivity index (χ2n) is 5.16. The number of hydrogen-bond donors (Lipinski definition) is 1. The summed E-state index contributed by atoms with van der Waals surface area (Å²) in [4.78, 5) is 0.953. The summed E-state index contributed by atoms with van der Waals surface area (Å²) in [7, 11) is -3.95. The summed E-state index contributed by atoms with van der Waals surface area (Å²) in [5.41, 5.74) is 3.00. The van der Waals surface area contributed by atoms with Gasteiger partial charge >= 0.3 is 15.3 Å². The quantitative estimate of drug-likeness (QED) is 0.527. The molecule has 5 nitrogen and oxygen atoms in total. The number of nitrogens with zero attached hydrogens (tertiary/aromatic N) is 1. The zero-order valence-corrected chi connectivity index (χ0v) is 14.6. The monoisotopic (exact) mass is 339 g/mol. The van der Waals surface area contributed by atoms with Crippen molar-refractivity contribution < 1.29 is 17.3 Å². The molecule has 118 valence electrons. The van der Waals surface area contributed by atoms with Crippen molar-refractivity contribution in [3.63, 3.8) is 0 Å². The fourth-order valence-corrected chi connectivity index (χ4v) is 4.83. The molecular formula is C15H19N2O3S2+. The van der Waals surface area contributed by atoms with Crippen LogP contribution in [0.2, 0.25) is 0 Å². The van der Waals surface area contributed by atoms with E-state index in [0.717, 1.165) is 21.8 Å². The van der Waals surface area contributed by atoms with E-state index >= 15 is 0 Å². The maximum atomic E-state index is 12.6. The van der Waals surface area contributed by atoms with Gasteiger partial charge in [0.1, 0.15) is 9.77 Å². The Morgan fingerprint density at radius 3 is 2.23 bits per heavy atom. The zero-order valence-electron chi connectivity index (χ0n) is 13.0. The highest BCUT2D eigenvalue weighted by atomic mass is 32.2. The number of benzene rings is 1. The van der Waals surface area contributed by atoms with Crippen LogP contribution in [-0.4, -0.2) is 8.42 Å². The van der Waals surface area contributed by atoms with Crippen LogP contribution in [0.3, 0.4) is 0 Å². The van der Waals surface area contributed by atoms with Gasteiger partial charge in [0.05, 0.1) is 0 Å². The van der Waals surface area contributed by atoms with E-state index < -0.39 is 10.1 Å². The lowest BCUT2D eigenvalue weighted by Crippen LogP contribution is -2.47. The normalized spacial score (nSPS) is 11.5. The molecule has 2 rings (SSSR count). The second-order valence-corrected chi connectivity index (χ2v) is 7.63. The van der Waals surface area contributed by atoms with Crippen LogP contribution in [0.15, 0.2) is 23.6 Å². The van der Waals surface area contributed by atoms with Gasteiger partial charge in [-0.15, -0.1) is 0 Å². The number of nitrogen functional groups attached to an aromatic ring is 1. The van der Waals surface area contributed by atoms with E-state index in [1.807, 2.05) is 19.1 Å². The van der Waals surface area contributed by atoms with Crippen molar-refractivity contribution >= 4 is 27.5 Å². The number of hydrogen-bond acceptors (Lipinski definition) is 5. The predicted molar refractivity (Wildman–Crippen MR) is 88.0 cm³/mol. The molecule has 1 heterocycles. The summed E-state index contributed by atoms with van der Waals surface area (Å²) in [6.07, 6.45) is 1.62. The molecule has 0 fully saturated rings. The summed E-state index contributed by atoms with van der Waals surface area (Å²) in [6, 6.07) is 3.63. The van der Waals surface area contributed by atoms with Crippen LogP contribution in [0.25, 0.3) is 6.08 Å². The third-order valence-electron chi connectivity index (χ3n) is 3.33. The molecule has 0 saturated heterocycles. The fraction of sp³-hybridized carbons (Fsp3) is 0.267. The third-order valence-corrected chi connectivity index (χ3v) is 6.10. The van der Waals surface area contributed by atoms with Crippen LogP contribution in [0, 0.1) is 27.7 Å². The maximum Gasteiger partial charge on any atom is 0.476 e. The minimum atomic E-state index is -3.95. The summed E-state index contributed by atoms with van der Waals surface area (Å²) in [5.74, 6) is 5.85. The van der Waals surface area contributed by atoms with Crippen LogP contribution < -0.4 is 14.7 Å². The first kappa shape index (κ1) is 16.5. The first-order valence-corrected chi connectivity index (χ1v) is 8.85. The van der Waals surface area contributed by atoms with Crippen molar-refractivity contribution in [2.24, 2.45) is 0 Å². The minimum Gasteiger partial charge on any atom is -0.308 e. The average Bonchev–Trinajstić information content (AvgIpc) is 2.64. The summed E-state index contributed by atoms with van der Waals surface area (Å²) in [5, 5.41) is 0.103. The first-order chi connectivity index (χ1) is 10.2. The van der Waals surface area contributed by atoms with Gasteiger partial charge in [-0.1, -0.05) is 24.3 Å². The molecule has 1 aromatic carbocycles.